The number of nitrogens with one attached hydrogen (secondary N) is 1. The number of rotatable bonds is 4. The quantitative estimate of drug-likeness (QED) is 0.888. The van der Waals surface area contributed by atoms with Crippen LogP contribution < -0.4 is 10.2 Å². The Hall–Kier alpha value is -1.82. The number of halogens is 1. The number of aryl methyl sites for hydroxylation is 1. The number of hydrogen-bond donors (Lipinski definition) is 1. The van der Waals surface area contributed by atoms with Gasteiger partial charge in [0.1, 0.15) is 11.6 Å². The van der Waals surface area contributed by atoms with Crippen LogP contribution >= 0.6 is 11.8 Å². The first-order valence-electron chi connectivity index (χ1n) is 9.50. The fraction of sp³-hybridized carbons (Fsp3) is 0.500. The predicted octanol–water partition coefficient (Wildman–Crippen LogP) is 3.83. The molecule has 3 heterocycles. The molecule has 2 aromatic rings. The van der Waals surface area contributed by atoms with Gasteiger partial charge in [-0.05, 0) is 42.9 Å². The molecule has 0 unspecified atom stereocenters. The summed E-state index contributed by atoms with van der Waals surface area (Å²) >= 11 is 1.88. The largest absolute Gasteiger partial charge is 0.363 e. The molecule has 1 saturated heterocycles. The topological polar surface area (TPSA) is 41.1 Å². The standard InChI is InChI=1S/C20H21FN4S/c21-15-3-1-2-13(6-15)14-10-25(11-14)19-22-16-4-5-26-17(16)18(23-19)24-20-7-12(8-20)9-20/h1-3,6,12,14H,4-5,7-11H2,(H,22,23,24). The Balaban J connectivity index is 1.24. The molecule has 1 aromatic carbocycles. The minimum atomic E-state index is -0.156. The zero-order valence-corrected chi connectivity index (χ0v) is 15.4. The van der Waals surface area contributed by atoms with Gasteiger partial charge >= 0.3 is 0 Å². The lowest BCUT2D eigenvalue weighted by Gasteiger charge is -2.62. The number of hydrogen-bond acceptors (Lipinski definition) is 5. The van der Waals surface area contributed by atoms with Gasteiger partial charge in [-0.3, -0.25) is 0 Å². The van der Waals surface area contributed by atoms with Crippen LogP contribution in [0.1, 0.15) is 36.4 Å². The van der Waals surface area contributed by atoms with E-state index in [0.29, 0.717) is 11.5 Å². The van der Waals surface area contributed by atoms with Crippen molar-refractivity contribution in [3.63, 3.8) is 0 Å². The molecular formula is C20H21FN4S. The van der Waals surface area contributed by atoms with Crippen molar-refractivity contribution in [3.8, 4) is 0 Å². The van der Waals surface area contributed by atoms with Crippen LogP contribution in [0.2, 0.25) is 0 Å². The van der Waals surface area contributed by atoms with Crippen LogP contribution in [0.15, 0.2) is 29.2 Å². The van der Waals surface area contributed by atoms with Gasteiger partial charge in [0.2, 0.25) is 5.95 Å². The van der Waals surface area contributed by atoms with Crippen molar-refractivity contribution >= 4 is 23.5 Å². The molecule has 134 valence electrons. The van der Waals surface area contributed by atoms with Crippen LogP contribution in [-0.2, 0) is 6.42 Å². The van der Waals surface area contributed by atoms with E-state index >= 15 is 0 Å². The Morgan fingerprint density at radius 1 is 1.19 bits per heavy atom. The van der Waals surface area contributed by atoms with E-state index in [1.54, 1.807) is 12.1 Å². The van der Waals surface area contributed by atoms with Gasteiger partial charge in [0.05, 0.1) is 10.6 Å². The van der Waals surface area contributed by atoms with Crippen molar-refractivity contribution in [3.05, 3.63) is 41.3 Å². The van der Waals surface area contributed by atoms with Crippen LogP contribution in [0, 0.1) is 11.7 Å². The van der Waals surface area contributed by atoms with Gasteiger partial charge in [-0.1, -0.05) is 12.1 Å². The summed E-state index contributed by atoms with van der Waals surface area (Å²) in [5.74, 6) is 4.16. The molecule has 1 N–H and O–H groups in total. The summed E-state index contributed by atoms with van der Waals surface area (Å²) in [5, 5.41) is 3.77. The first-order chi connectivity index (χ1) is 12.7. The molecule has 4 nitrogen and oxygen atoms in total. The SMILES string of the molecule is Fc1cccc(C2CN(c3nc4c(c(NC56CC(C5)C6)n3)SCC4)C2)c1. The van der Waals surface area contributed by atoms with E-state index in [1.165, 1.54) is 35.9 Å². The second kappa shape index (κ2) is 5.35. The molecule has 3 saturated carbocycles. The Bertz CT molecular complexity index is 878. The zero-order chi connectivity index (χ0) is 17.3. The van der Waals surface area contributed by atoms with E-state index in [1.807, 2.05) is 17.8 Å². The van der Waals surface area contributed by atoms with E-state index in [-0.39, 0.29) is 5.82 Å². The van der Waals surface area contributed by atoms with Crippen LogP contribution in [0.25, 0.3) is 0 Å². The summed E-state index contributed by atoms with van der Waals surface area (Å²) in [7, 11) is 0. The zero-order valence-electron chi connectivity index (χ0n) is 14.5. The highest BCUT2D eigenvalue weighted by atomic mass is 32.2. The molecular weight excluding hydrogens is 347 g/mol. The number of nitrogens with zero attached hydrogens (tertiary/aromatic N) is 3. The number of fused-ring (bicyclic) bond motifs is 1. The highest BCUT2D eigenvalue weighted by Gasteiger charge is 2.57. The maximum absolute atomic E-state index is 13.5. The Morgan fingerprint density at radius 2 is 2.04 bits per heavy atom. The lowest BCUT2D eigenvalue weighted by atomic mass is 9.50. The minimum absolute atomic E-state index is 0.156. The van der Waals surface area contributed by atoms with Crippen molar-refractivity contribution in [2.45, 2.75) is 42.0 Å². The molecule has 3 aliphatic carbocycles. The molecule has 1 aromatic heterocycles. The molecule has 4 fully saturated rings. The Kier molecular flexibility index (Phi) is 3.14. The average molecular weight is 368 g/mol. The van der Waals surface area contributed by atoms with Gasteiger partial charge < -0.3 is 10.2 Å². The van der Waals surface area contributed by atoms with E-state index < -0.39 is 0 Å². The molecule has 0 atom stereocenters. The molecule has 7 rings (SSSR count). The second-order valence-electron chi connectivity index (χ2n) is 8.29. The lowest BCUT2D eigenvalue weighted by molar-refractivity contribution is 0.00159. The van der Waals surface area contributed by atoms with Gasteiger partial charge in [-0.25, -0.2) is 9.37 Å². The van der Waals surface area contributed by atoms with Gasteiger partial charge in [0.25, 0.3) is 0 Å². The molecule has 5 aliphatic rings. The molecule has 0 radical (unpaired) electrons. The van der Waals surface area contributed by atoms with Gasteiger partial charge in [-0.15, -0.1) is 11.8 Å². The Morgan fingerprint density at radius 3 is 2.77 bits per heavy atom. The molecule has 2 aliphatic heterocycles. The number of aromatic nitrogens is 2. The van der Waals surface area contributed by atoms with Crippen LogP contribution in [0.5, 0.6) is 0 Å². The molecule has 0 spiro atoms. The highest BCUT2D eigenvalue weighted by Crippen LogP contribution is 2.59. The van der Waals surface area contributed by atoms with E-state index in [4.69, 9.17) is 9.97 Å². The number of anilines is 2. The van der Waals surface area contributed by atoms with Crippen molar-refractivity contribution in [2.24, 2.45) is 5.92 Å². The maximum Gasteiger partial charge on any atom is 0.227 e. The normalized spacial score (nSPS) is 28.8. The average Bonchev–Trinajstić information content (AvgIpc) is 2.97. The summed E-state index contributed by atoms with van der Waals surface area (Å²) in [4.78, 5) is 13.3. The van der Waals surface area contributed by atoms with E-state index in [9.17, 15) is 4.39 Å². The van der Waals surface area contributed by atoms with Crippen LogP contribution in [0.3, 0.4) is 0 Å². The van der Waals surface area contributed by atoms with Gasteiger partial charge in [0, 0.05) is 36.7 Å². The van der Waals surface area contributed by atoms with Crippen LogP contribution in [0.4, 0.5) is 16.2 Å². The number of thioether (sulfide) groups is 1. The fourth-order valence-corrected chi connectivity index (χ4v) is 5.82. The predicted molar refractivity (Wildman–Crippen MR) is 102 cm³/mol. The van der Waals surface area contributed by atoms with Crippen molar-refractivity contribution in [1.29, 1.82) is 0 Å². The second-order valence-corrected chi connectivity index (χ2v) is 9.39. The summed E-state index contributed by atoms with van der Waals surface area (Å²) in [5.41, 5.74) is 2.60. The van der Waals surface area contributed by atoms with Gasteiger partial charge in [0.15, 0.2) is 0 Å². The van der Waals surface area contributed by atoms with Crippen molar-refractivity contribution in [1.82, 2.24) is 9.97 Å². The third-order valence-corrected chi connectivity index (χ3v) is 7.54. The van der Waals surface area contributed by atoms with E-state index in [2.05, 4.69) is 10.2 Å². The van der Waals surface area contributed by atoms with Gasteiger partial charge in [-0.2, -0.15) is 4.98 Å². The van der Waals surface area contributed by atoms with Crippen molar-refractivity contribution < 1.29 is 4.39 Å². The molecule has 0 amide bonds. The summed E-state index contributed by atoms with van der Waals surface area (Å²) in [6.07, 6.45) is 4.94. The monoisotopic (exact) mass is 368 g/mol. The van der Waals surface area contributed by atoms with Crippen molar-refractivity contribution in [2.75, 3.05) is 29.1 Å². The lowest BCUT2D eigenvalue weighted by Crippen LogP contribution is -2.63. The smallest absolute Gasteiger partial charge is 0.227 e. The molecule has 6 heteroatoms. The number of benzene rings is 1. The summed E-state index contributed by atoms with van der Waals surface area (Å²) in [6, 6.07) is 6.96. The highest BCUT2D eigenvalue weighted by molar-refractivity contribution is 7.99. The Labute approximate surface area is 156 Å². The maximum atomic E-state index is 13.5. The third kappa shape index (κ3) is 2.27. The van der Waals surface area contributed by atoms with E-state index in [0.717, 1.165) is 48.5 Å². The summed E-state index contributed by atoms with van der Waals surface area (Å²) < 4.78 is 13.5. The first kappa shape index (κ1) is 15.3. The first-order valence-corrected chi connectivity index (χ1v) is 10.5. The minimum Gasteiger partial charge on any atom is -0.363 e. The third-order valence-electron chi connectivity index (χ3n) is 6.42. The molecule has 26 heavy (non-hydrogen) atoms. The summed E-state index contributed by atoms with van der Waals surface area (Å²) in [6.45, 7) is 1.73. The van der Waals surface area contributed by atoms with Crippen LogP contribution in [-0.4, -0.2) is 34.3 Å². The molecule has 2 bridgehead atoms. The fourth-order valence-electron chi connectivity index (χ4n) is 4.78.